The zero-order valence-electron chi connectivity index (χ0n) is 10.9. The van der Waals surface area contributed by atoms with Gasteiger partial charge in [-0.3, -0.25) is 14.9 Å². The minimum Gasteiger partial charge on any atom is -0.296 e. The number of hydrogen-bond donors (Lipinski definition) is 1. The van der Waals surface area contributed by atoms with Gasteiger partial charge in [-0.1, -0.05) is 33.1 Å². The van der Waals surface area contributed by atoms with Gasteiger partial charge in [0, 0.05) is 12.3 Å². The van der Waals surface area contributed by atoms with Crippen molar-refractivity contribution in [1.29, 1.82) is 0 Å². The number of nitrogens with one attached hydrogen (secondary N) is 1. The van der Waals surface area contributed by atoms with Crippen molar-refractivity contribution in [3.05, 3.63) is 0 Å². The average molecular weight is 237 g/mol. The molecule has 0 aromatic carbocycles. The molecule has 1 saturated carbocycles. The van der Waals surface area contributed by atoms with Crippen molar-refractivity contribution in [2.75, 3.05) is 0 Å². The Morgan fingerprint density at radius 2 is 1.94 bits per heavy atom. The summed E-state index contributed by atoms with van der Waals surface area (Å²) in [7, 11) is 0. The van der Waals surface area contributed by atoms with Gasteiger partial charge < -0.3 is 0 Å². The predicted octanol–water partition coefficient (Wildman–Crippen LogP) is 2.50. The van der Waals surface area contributed by atoms with Gasteiger partial charge in [-0.25, -0.2) is 0 Å². The molecular weight excluding hydrogens is 214 g/mol. The second-order valence-corrected chi connectivity index (χ2v) is 5.74. The molecule has 0 bridgehead atoms. The van der Waals surface area contributed by atoms with E-state index < -0.39 is 0 Å². The van der Waals surface area contributed by atoms with Gasteiger partial charge >= 0.3 is 0 Å². The van der Waals surface area contributed by atoms with E-state index in [1.807, 2.05) is 0 Å². The number of carbonyl (C=O) groups excluding carboxylic acids is 2. The summed E-state index contributed by atoms with van der Waals surface area (Å²) >= 11 is 0. The van der Waals surface area contributed by atoms with Crippen molar-refractivity contribution < 1.29 is 9.59 Å². The minimum atomic E-state index is -0.0745. The van der Waals surface area contributed by atoms with Gasteiger partial charge in [0.1, 0.15) is 0 Å². The number of piperidine rings is 1. The Bertz CT molecular complexity index is 307. The number of carbonyl (C=O) groups is 2. The van der Waals surface area contributed by atoms with E-state index in [2.05, 4.69) is 19.2 Å². The van der Waals surface area contributed by atoms with Gasteiger partial charge in [-0.2, -0.15) is 0 Å². The number of imide groups is 1. The zero-order valence-corrected chi connectivity index (χ0v) is 10.9. The van der Waals surface area contributed by atoms with Crippen LogP contribution in [-0.2, 0) is 9.59 Å². The first kappa shape index (κ1) is 12.6. The molecule has 2 rings (SSSR count). The first-order chi connectivity index (χ1) is 8.13. The van der Waals surface area contributed by atoms with Gasteiger partial charge in [-0.05, 0) is 30.6 Å². The van der Waals surface area contributed by atoms with E-state index in [9.17, 15) is 9.59 Å². The van der Waals surface area contributed by atoms with Crippen LogP contribution >= 0.6 is 0 Å². The van der Waals surface area contributed by atoms with Crippen molar-refractivity contribution in [3.63, 3.8) is 0 Å². The second kappa shape index (κ2) is 5.19. The molecule has 2 aliphatic rings. The molecule has 0 aromatic heterocycles. The Morgan fingerprint density at radius 1 is 1.29 bits per heavy atom. The van der Waals surface area contributed by atoms with E-state index in [0.717, 1.165) is 6.42 Å². The highest BCUT2D eigenvalue weighted by Crippen LogP contribution is 2.41. The quantitative estimate of drug-likeness (QED) is 0.767. The van der Waals surface area contributed by atoms with Crippen LogP contribution in [0.1, 0.15) is 52.4 Å². The van der Waals surface area contributed by atoms with Crippen LogP contribution in [0.4, 0.5) is 0 Å². The fourth-order valence-corrected chi connectivity index (χ4v) is 3.55. The number of hydrogen-bond acceptors (Lipinski definition) is 2. The number of amides is 2. The number of rotatable bonds is 3. The molecule has 3 heteroatoms. The van der Waals surface area contributed by atoms with E-state index in [1.54, 1.807) is 0 Å². The molecule has 1 heterocycles. The maximum atomic E-state index is 12.1. The average Bonchev–Trinajstić information content (AvgIpc) is 2.80. The third kappa shape index (κ3) is 2.53. The maximum Gasteiger partial charge on any atom is 0.230 e. The first-order valence-electron chi connectivity index (χ1n) is 6.97. The van der Waals surface area contributed by atoms with Gasteiger partial charge in [0.25, 0.3) is 0 Å². The summed E-state index contributed by atoms with van der Waals surface area (Å²) in [5, 5.41) is 2.54. The van der Waals surface area contributed by atoms with E-state index >= 15 is 0 Å². The van der Waals surface area contributed by atoms with E-state index in [1.165, 1.54) is 25.7 Å². The molecule has 1 N–H and O–H groups in total. The van der Waals surface area contributed by atoms with Crippen LogP contribution < -0.4 is 5.32 Å². The molecule has 0 spiro atoms. The molecule has 2 amide bonds. The lowest BCUT2D eigenvalue weighted by Crippen LogP contribution is -2.49. The van der Waals surface area contributed by atoms with Crippen LogP contribution in [0.3, 0.4) is 0 Å². The topological polar surface area (TPSA) is 46.2 Å². The van der Waals surface area contributed by atoms with Crippen molar-refractivity contribution in [3.8, 4) is 0 Å². The van der Waals surface area contributed by atoms with Crippen LogP contribution in [0.2, 0.25) is 0 Å². The van der Waals surface area contributed by atoms with Crippen LogP contribution in [0.25, 0.3) is 0 Å². The fourth-order valence-electron chi connectivity index (χ4n) is 3.55. The molecule has 0 aromatic rings. The summed E-state index contributed by atoms with van der Waals surface area (Å²) in [6, 6.07) is 0. The smallest absolute Gasteiger partial charge is 0.230 e. The van der Waals surface area contributed by atoms with Gasteiger partial charge in [0.15, 0.2) is 0 Å². The largest absolute Gasteiger partial charge is 0.296 e. The lowest BCUT2D eigenvalue weighted by Gasteiger charge is -2.37. The SMILES string of the molecule is CCC(C)C1CC(=O)NC(=O)C1C1CCCC1. The first-order valence-corrected chi connectivity index (χ1v) is 6.97. The Labute approximate surface area is 103 Å². The maximum absolute atomic E-state index is 12.1. The molecule has 3 atom stereocenters. The van der Waals surface area contributed by atoms with Gasteiger partial charge in [-0.15, -0.1) is 0 Å². The van der Waals surface area contributed by atoms with Crippen molar-refractivity contribution in [1.82, 2.24) is 5.32 Å². The molecule has 3 nitrogen and oxygen atoms in total. The summed E-state index contributed by atoms with van der Waals surface area (Å²) < 4.78 is 0. The molecule has 1 aliphatic heterocycles. The Balaban J connectivity index is 2.17. The highest BCUT2D eigenvalue weighted by atomic mass is 16.2. The van der Waals surface area contributed by atoms with Gasteiger partial charge in [0.2, 0.25) is 11.8 Å². The van der Waals surface area contributed by atoms with Crippen LogP contribution in [-0.4, -0.2) is 11.8 Å². The second-order valence-electron chi connectivity index (χ2n) is 5.74. The molecule has 0 radical (unpaired) electrons. The lowest BCUT2D eigenvalue weighted by molar-refractivity contribution is -0.142. The normalized spacial score (nSPS) is 32.6. The minimum absolute atomic E-state index is 0.00144. The molecule has 17 heavy (non-hydrogen) atoms. The van der Waals surface area contributed by atoms with Crippen molar-refractivity contribution in [2.24, 2.45) is 23.7 Å². The Kier molecular flexibility index (Phi) is 3.85. The summed E-state index contributed by atoms with van der Waals surface area (Å²) in [5.41, 5.74) is 0. The standard InChI is InChI=1S/C14H23NO2/c1-3-9(2)11-8-12(16)15-14(17)13(11)10-6-4-5-7-10/h9-11,13H,3-8H2,1-2H3,(H,15,16,17). The highest BCUT2D eigenvalue weighted by Gasteiger charge is 2.43. The van der Waals surface area contributed by atoms with Gasteiger partial charge in [0.05, 0.1) is 0 Å². The molecule has 1 aliphatic carbocycles. The van der Waals surface area contributed by atoms with Crippen LogP contribution in [0.15, 0.2) is 0 Å². The third-order valence-corrected chi connectivity index (χ3v) is 4.73. The predicted molar refractivity (Wildman–Crippen MR) is 66.2 cm³/mol. The molecule has 1 saturated heterocycles. The Morgan fingerprint density at radius 3 is 2.53 bits per heavy atom. The molecule has 96 valence electrons. The van der Waals surface area contributed by atoms with Crippen LogP contribution in [0, 0.1) is 23.7 Å². The van der Waals surface area contributed by atoms with Crippen molar-refractivity contribution >= 4 is 11.8 Å². The summed E-state index contributed by atoms with van der Waals surface area (Å²) in [6.45, 7) is 4.33. The summed E-state index contributed by atoms with van der Waals surface area (Å²) in [5.74, 6) is 1.26. The van der Waals surface area contributed by atoms with E-state index in [0.29, 0.717) is 18.3 Å². The fraction of sp³-hybridized carbons (Fsp3) is 0.857. The Hall–Kier alpha value is -0.860. The van der Waals surface area contributed by atoms with E-state index in [-0.39, 0.29) is 23.7 Å². The summed E-state index contributed by atoms with van der Waals surface area (Å²) in [4.78, 5) is 23.6. The van der Waals surface area contributed by atoms with E-state index in [4.69, 9.17) is 0 Å². The zero-order chi connectivity index (χ0) is 12.4. The molecular formula is C14H23NO2. The highest BCUT2D eigenvalue weighted by molar-refractivity contribution is 5.99. The monoisotopic (exact) mass is 237 g/mol. The third-order valence-electron chi connectivity index (χ3n) is 4.73. The lowest BCUT2D eigenvalue weighted by atomic mass is 9.70. The molecule has 2 fully saturated rings. The van der Waals surface area contributed by atoms with Crippen molar-refractivity contribution in [2.45, 2.75) is 52.4 Å². The summed E-state index contributed by atoms with van der Waals surface area (Å²) in [6.07, 6.45) is 6.42. The van der Waals surface area contributed by atoms with Crippen LogP contribution in [0.5, 0.6) is 0 Å². The molecule has 3 unspecified atom stereocenters.